The average molecular weight is 309 g/mol. The number of amides is 1. The summed E-state index contributed by atoms with van der Waals surface area (Å²) < 4.78 is 0. The van der Waals surface area contributed by atoms with Crippen molar-refractivity contribution in [2.75, 3.05) is 23.7 Å². The quantitative estimate of drug-likeness (QED) is 0.722. The largest absolute Gasteiger partial charge is 0.397 e. The Bertz CT molecular complexity index is 543. The van der Waals surface area contributed by atoms with Crippen LogP contribution in [0.4, 0.5) is 10.7 Å². The number of hydrogen-bond donors (Lipinski definition) is 2. The van der Waals surface area contributed by atoms with Gasteiger partial charge in [-0.1, -0.05) is 13.8 Å². The van der Waals surface area contributed by atoms with Gasteiger partial charge in [-0.2, -0.15) is 0 Å². The minimum atomic E-state index is -0.550. The van der Waals surface area contributed by atoms with Crippen LogP contribution in [0.2, 0.25) is 0 Å². The van der Waals surface area contributed by atoms with Crippen LogP contribution in [-0.4, -0.2) is 24.8 Å². The second-order valence-electron chi connectivity index (χ2n) is 5.51. The molecule has 1 amide bonds. The Morgan fingerprint density at radius 1 is 1.24 bits per heavy atom. The molecule has 2 rings (SSSR count). The number of carbonyl (C=O) groups excluding carboxylic acids is 2. The Hall–Kier alpha value is -1.56. The van der Waals surface area contributed by atoms with E-state index in [1.165, 1.54) is 11.3 Å². The summed E-state index contributed by atoms with van der Waals surface area (Å²) in [6.07, 6.45) is 3.76. The van der Waals surface area contributed by atoms with Gasteiger partial charge < -0.3 is 16.4 Å². The maximum absolute atomic E-state index is 12.3. The molecule has 1 heterocycles. The number of Topliss-reactive ketones (excluding diaryl/α,β-unsaturated/α-hetero) is 1. The molecule has 4 N–H and O–H groups in total. The Morgan fingerprint density at radius 2 is 1.81 bits per heavy atom. The molecule has 21 heavy (non-hydrogen) atoms. The number of ketones is 1. The number of hydrogen-bond acceptors (Lipinski definition) is 5. The number of thiophene rings is 1. The normalized spacial score (nSPS) is 14.2. The van der Waals surface area contributed by atoms with Crippen LogP contribution in [0.1, 0.15) is 59.6 Å². The topological polar surface area (TPSA) is 89.4 Å². The highest BCUT2D eigenvalue weighted by Gasteiger charge is 2.35. The predicted octanol–water partition coefficient (Wildman–Crippen LogP) is 2.65. The molecule has 0 spiro atoms. The summed E-state index contributed by atoms with van der Waals surface area (Å²) in [5, 5.41) is 0.757. The molecule has 0 aromatic carbocycles. The molecular formula is C15H23N3O2S. The highest BCUT2D eigenvalue weighted by atomic mass is 32.1. The third-order valence-corrected chi connectivity index (χ3v) is 4.90. The number of anilines is 2. The number of carbonyl (C=O) groups is 2. The van der Waals surface area contributed by atoms with E-state index in [1.807, 2.05) is 0 Å². The molecule has 5 nitrogen and oxygen atoms in total. The number of rotatable bonds is 8. The van der Waals surface area contributed by atoms with Crippen LogP contribution in [-0.2, 0) is 0 Å². The van der Waals surface area contributed by atoms with E-state index in [4.69, 9.17) is 11.5 Å². The lowest BCUT2D eigenvalue weighted by Gasteiger charge is -2.22. The highest BCUT2D eigenvalue weighted by molar-refractivity contribution is 7.19. The molecule has 116 valence electrons. The maximum atomic E-state index is 12.3. The van der Waals surface area contributed by atoms with Crippen LogP contribution in [0.25, 0.3) is 0 Å². The number of nitrogens with zero attached hydrogens (tertiary/aromatic N) is 1. The van der Waals surface area contributed by atoms with E-state index in [1.54, 1.807) is 0 Å². The van der Waals surface area contributed by atoms with Crippen LogP contribution >= 0.6 is 11.3 Å². The van der Waals surface area contributed by atoms with Crippen LogP contribution in [0.5, 0.6) is 0 Å². The summed E-state index contributed by atoms with van der Waals surface area (Å²) in [5.41, 5.74) is 12.2. The summed E-state index contributed by atoms with van der Waals surface area (Å²) in [6.45, 7) is 5.82. The standard InChI is InChI=1S/C15H23N3O2S/c1-3-7-18(8-4-2)15-10(14(17)20)11(16)13(21-15)12(19)9-5-6-9/h9H,3-8,16H2,1-2H3,(H2,17,20). The van der Waals surface area contributed by atoms with Gasteiger partial charge in [0, 0.05) is 19.0 Å². The van der Waals surface area contributed by atoms with Gasteiger partial charge in [0.05, 0.1) is 16.1 Å². The summed E-state index contributed by atoms with van der Waals surface area (Å²) >= 11 is 1.33. The lowest BCUT2D eigenvalue weighted by atomic mass is 10.1. The number of nitrogens with two attached hydrogens (primary N) is 2. The van der Waals surface area contributed by atoms with Crippen molar-refractivity contribution in [3.05, 3.63) is 10.4 Å². The molecule has 0 unspecified atom stereocenters. The van der Waals surface area contributed by atoms with Crippen LogP contribution in [0, 0.1) is 5.92 Å². The molecule has 1 saturated carbocycles. The van der Waals surface area contributed by atoms with Gasteiger partial charge in [0.15, 0.2) is 5.78 Å². The van der Waals surface area contributed by atoms with E-state index < -0.39 is 5.91 Å². The summed E-state index contributed by atoms with van der Waals surface area (Å²) in [7, 11) is 0. The molecule has 6 heteroatoms. The van der Waals surface area contributed by atoms with Gasteiger partial charge in [-0.15, -0.1) is 11.3 Å². The fourth-order valence-electron chi connectivity index (χ4n) is 2.46. The zero-order valence-corrected chi connectivity index (χ0v) is 13.5. The van der Waals surface area contributed by atoms with Crippen molar-refractivity contribution in [1.82, 2.24) is 0 Å². The smallest absolute Gasteiger partial charge is 0.253 e. The number of nitrogen functional groups attached to an aromatic ring is 1. The van der Waals surface area contributed by atoms with Gasteiger partial charge in [-0.3, -0.25) is 9.59 Å². The van der Waals surface area contributed by atoms with Gasteiger partial charge in [-0.05, 0) is 25.7 Å². The molecule has 0 radical (unpaired) electrons. The summed E-state index contributed by atoms with van der Waals surface area (Å²) in [4.78, 5) is 26.7. The number of primary amides is 1. The first kappa shape index (κ1) is 15.8. The molecule has 0 atom stereocenters. The van der Waals surface area contributed by atoms with E-state index in [-0.39, 0.29) is 17.4 Å². The van der Waals surface area contributed by atoms with Crippen LogP contribution < -0.4 is 16.4 Å². The SMILES string of the molecule is CCCN(CCC)c1sc(C(=O)C2CC2)c(N)c1C(N)=O. The van der Waals surface area contributed by atoms with Gasteiger partial charge in [0.1, 0.15) is 5.00 Å². The van der Waals surface area contributed by atoms with Crippen molar-refractivity contribution in [1.29, 1.82) is 0 Å². The lowest BCUT2D eigenvalue weighted by molar-refractivity contribution is 0.0972. The third-order valence-electron chi connectivity index (χ3n) is 3.62. The average Bonchev–Trinajstić information content (AvgIpc) is 3.21. The fraction of sp³-hybridized carbons (Fsp3) is 0.600. The zero-order chi connectivity index (χ0) is 15.6. The summed E-state index contributed by atoms with van der Waals surface area (Å²) in [6, 6.07) is 0. The van der Waals surface area contributed by atoms with Gasteiger partial charge >= 0.3 is 0 Å². The van der Waals surface area contributed by atoms with Crippen molar-refractivity contribution >= 4 is 33.7 Å². The Labute approximate surface area is 129 Å². The molecule has 1 aromatic rings. The third kappa shape index (κ3) is 3.20. The minimum absolute atomic E-state index is 0.0687. The second kappa shape index (κ2) is 6.47. The first-order valence-electron chi connectivity index (χ1n) is 7.52. The van der Waals surface area contributed by atoms with Gasteiger partial charge in [0.2, 0.25) is 0 Å². The Balaban J connectivity index is 2.44. The zero-order valence-electron chi connectivity index (χ0n) is 12.6. The Morgan fingerprint density at radius 3 is 2.24 bits per heavy atom. The van der Waals surface area contributed by atoms with E-state index >= 15 is 0 Å². The molecule has 0 bridgehead atoms. The molecule has 1 fully saturated rings. The summed E-state index contributed by atoms with van der Waals surface area (Å²) in [5.74, 6) is -0.393. The van der Waals surface area contributed by atoms with Crippen molar-refractivity contribution < 1.29 is 9.59 Å². The van der Waals surface area contributed by atoms with Crippen molar-refractivity contribution in [2.45, 2.75) is 39.5 Å². The molecule has 0 aliphatic heterocycles. The highest BCUT2D eigenvalue weighted by Crippen LogP contribution is 2.43. The van der Waals surface area contributed by atoms with Gasteiger partial charge in [-0.25, -0.2) is 0 Å². The Kier molecular flexibility index (Phi) is 4.88. The van der Waals surface area contributed by atoms with Crippen LogP contribution in [0.15, 0.2) is 0 Å². The lowest BCUT2D eigenvalue weighted by Crippen LogP contribution is -2.27. The first-order chi connectivity index (χ1) is 10.0. The van der Waals surface area contributed by atoms with E-state index in [2.05, 4.69) is 18.7 Å². The molecule has 1 aliphatic carbocycles. The van der Waals surface area contributed by atoms with Crippen molar-refractivity contribution in [2.24, 2.45) is 11.7 Å². The molecule has 0 saturated heterocycles. The maximum Gasteiger partial charge on any atom is 0.253 e. The second-order valence-corrected chi connectivity index (χ2v) is 6.51. The monoisotopic (exact) mass is 309 g/mol. The van der Waals surface area contributed by atoms with Crippen molar-refractivity contribution in [3.8, 4) is 0 Å². The van der Waals surface area contributed by atoms with E-state index in [0.29, 0.717) is 10.4 Å². The fourth-order valence-corrected chi connectivity index (χ4v) is 3.76. The van der Waals surface area contributed by atoms with Crippen molar-refractivity contribution in [3.63, 3.8) is 0 Å². The van der Waals surface area contributed by atoms with E-state index in [0.717, 1.165) is 43.8 Å². The molecule has 1 aromatic heterocycles. The predicted molar refractivity (Wildman–Crippen MR) is 87.1 cm³/mol. The van der Waals surface area contributed by atoms with Crippen LogP contribution in [0.3, 0.4) is 0 Å². The minimum Gasteiger partial charge on any atom is -0.397 e. The first-order valence-corrected chi connectivity index (χ1v) is 8.34. The molecule has 1 aliphatic rings. The molecular weight excluding hydrogens is 286 g/mol. The van der Waals surface area contributed by atoms with E-state index in [9.17, 15) is 9.59 Å². The van der Waals surface area contributed by atoms with Gasteiger partial charge in [0.25, 0.3) is 5.91 Å².